The zero-order valence-corrected chi connectivity index (χ0v) is 12.0. The van der Waals surface area contributed by atoms with Gasteiger partial charge >= 0.3 is 12.0 Å². The third kappa shape index (κ3) is 3.95. The quantitative estimate of drug-likeness (QED) is 0.709. The zero-order valence-electron chi connectivity index (χ0n) is 12.0. The number of benzene rings is 1. The molecular weight excluding hydrogens is 274 g/mol. The monoisotopic (exact) mass is 293 g/mol. The highest BCUT2D eigenvalue weighted by molar-refractivity contribution is 5.89. The van der Waals surface area contributed by atoms with Crippen molar-refractivity contribution in [3.63, 3.8) is 0 Å². The molecule has 0 aliphatic heterocycles. The summed E-state index contributed by atoms with van der Waals surface area (Å²) in [4.78, 5) is 35.8. The Bertz CT molecular complexity index is 532. The Kier molecular flexibility index (Phi) is 5.29. The first-order chi connectivity index (χ1) is 9.81. The largest absolute Gasteiger partial charge is 0.479 e. The average Bonchev–Trinajstić information content (AvgIpc) is 2.44. The molecule has 1 atom stereocenters. The lowest BCUT2D eigenvalue weighted by Crippen LogP contribution is -2.55. The number of aliphatic carboxylic acids is 1. The molecule has 3 amide bonds. The van der Waals surface area contributed by atoms with Gasteiger partial charge in [0.15, 0.2) is 5.54 Å². The highest BCUT2D eigenvalue weighted by Gasteiger charge is 2.37. The number of carbonyl (C=O) groups is 3. The fourth-order valence-corrected chi connectivity index (χ4v) is 1.83. The van der Waals surface area contributed by atoms with E-state index >= 15 is 0 Å². The van der Waals surface area contributed by atoms with Crippen LogP contribution >= 0.6 is 0 Å². The summed E-state index contributed by atoms with van der Waals surface area (Å²) in [5, 5.41) is 11.9. The van der Waals surface area contributed by atoms with Crippen molar-refractivity contribution in [2.24, 2.45) is 5.73 Å². The highest BCUT2D eigenvalue weighted by atomic mass is 16.4. The van der Waals surface area contributed by atoms with E-state index in [1.54, 1.807) is 37.3 Å². The lowest BCUT2D eigenvalue weighted by Gasteiger charge is -2.30. The number of primary amides is 1. The number of nitrogens with zero attached hydrogens (tertiary/aromatic N) is 1. The van der Waals surface area contributed by atoms with Crippen LogP contribution in [0.3, 0.4) is 0 Å². The molecule has 0 spiro atoms. The maximum atomic E-state index is 12.1. The summed E-state index contributed by atoms with van der Waals surface area (Å²) in [7, 11) is 0. The number of nitrogens with one attached hydrogen (secondary N) is 1. The third-order valence-corrected chi connectivity index (χ3v) is 3.15. The SMILES string of the molecule is CCN(CC(N)=O)C(=O)NC(C)(C(=O)O)c1ccccc1. The van der Waals surface area contributed by atoms with Gasteiger partial charge in [-0.25, -0.2) is 9.59 Å². The molecule has 0 heterocycles. The minimum atomic E-state index is -1.59. The second kappa shape index (κ2) is 6.74. The van der Waals surface area contributed by atoms with Crippen molar-refractivity contribution >= 4 is 17.9 Å². The van der Waals surface area contributed by atoms with Gasteiger partial charge in [0.25, 0.3) is 0 Å². The summed E-state index contributed by atoms with van der Waals surface area (Å²) < 4.78 is 0. The summed E-state index contributed by atoms with van der Waals surface area (Å²) in [5.74, 6) is -1.86. The van der Waals surface area contributed by atoms with Crippen molar-refractivity contribution in [2.75, 3.05) is 13.1 Å². The van der Waals surface area contributed by atoms with Crippen LogP contribution in [-0.2, 0) is 15.1 Å². The van der Waals surface area contributed by atoms with Gasteiger partial charge in [-0.3, -0.25) is 4.79 Å². The molecule has 0 aromatic heterocycles. The first kappa shape index (κ1) is 16.5. The molecule has 1 rings (SSSR count). The smallest absolute Gasteiger partial charge is 0.333 e. The molecule has 7 nitrogen and oxygen atoms in total. The van der Waals surface area contributed by atoms with E-state index in [4.69, 9.17) is 5.73 Å². The maximum Gasteiger partial charge on any atom is 0.333 e. The van der Waals surface area contributed by atoms with Crippen molar-refractivity contribution < 1.29 is 19.5 Å². The van der Waals surface area contributed by atoms with Crippen LogP contribution < -0.4 is 11.1 Å². The van der Waals surface area contributed by atoms with Gasteiger partial charge in [0.1, 0.15) is 6.54 Å². The van der Waals surface area contributed by atoms with E-state index in [0.717, 1.165) is 4.90 Å². The zero-order chi connectivity index (χ0) is 16.0. The Balaban J connectivity index is 3.01. The van der Waals surface area contributed by atoms with Gasteiger partial charge in [0.2, 0.25) is 5.91 Å². The number of hydrogen-bond donors (Lipinski definition) is 3. The molecule has 0 radical (unpaired) electrons. The van der Waals surface area contributed by atoms with Crippen LogP contribution in [0.15, 0.2) is 30.3 Å². The van der Waals surface area contributed by atoms with Gasteiger partial charge in [-0.05, 0) is 19.4 Å². The Hall–Kier alpha value is -2.57. The molecule has 7 heteroatoms. The van der Waals surface area contributed by atoms with Crippen molar-refractivity contribution in [3.8, 4) is 0 Å². The van der Waals surface area contributed by atoms with E-state index in [-0.39, 0.29) is 13.1 Å². The van der Waals surface area contributed by atoms with Gasteiger partial charge in [0.05, 0.1) is 0 Å². The molecule has 114 valence electrons. The Morgan fingerprint density at radius 1 is 1.29 bits per heavy atom. The predicted molar refractivity (Wildman–Crippen MR) is 76.4 cm³/mol. The van der Waals surface area contributed by atoms with Crippen LogP contribution in [0.4, 0.5) is 4.79 Å². The summed E-state index contributed by atoms with van der Waals surface area (Å²) in [6.07, 6.45) is 0. The molecule has 0 fully saturated rings. The molecule has 0 saturated heterocycles. The lowest BCUT2D eigenvalue weighted by molar-refractivity contribution is -0.144. The minimum Gasteiger partial charge on any atom is -0.479 e. The normalized spacial score (nSPS) is 13.0. The third-order valence-electron chi connectivity index (χ3n) is 3.15. The van der Waals surface area contributed by atoms with Gasteiger partial charge < -0.3 is 21.1 Å². The molecule has 1 aromatic rings. The minimum absolute atomic E-state index is 0.235. The number of carboxylic acids is 1. The van der Waals surface area contributed by atoms with Crippen molar-refractivity contribution in [2.45, 2.75) is 19.4 Å². The second-order valence-electron chi connectivity index (χ2n) is 4.71. The summed E-state index contributed by atoms with van der Waals surface area (Å²) in [5.41, 5.74) is 3.90. The number of urea groups is 1. The van der Waals surface area contributed by atoms with E-state index in [0.29, 0.717) is 5.56 Å². The van der Waals surface area contributed by atoms with E-state index in [9.17, 15) is 19.5 Å². The Morgan fingerprint density at radius 2 is 1.86 bits per heavy atom. The number of nitrogens with two attached hydrogens (primary N) is 1. The van der Waals surface area contributed by atoms with Crippen LogP contribution in [0.2, 0.25) is 0 Å². The van der Waals surface area contributed by atoms with Crippen LogP contribution in [-0.4, -0.2) is 41.0 Å². The Labute approximate surface area is 122 Å². The summed E-state index contributed by atoms with van der Waals surface area (Å²) >= 11 is 0. The topological polar surface area (TPSA) is 113 Å². The summed E-state index contributed by atoms with van der Waals surface area (Å²) in [6.45, 7) is 3.02. The predicted octanol–water partition coefficient (Wildman–Crippen LogP) is 0.503. The van der Waals surface area contributed by atoms with Crippen LogP contribution in [0.1, 0.15) is 19.4 Å². The van der Waals surface area contributed by atoms with E-state index < -0.39 is 23.4 Å². The fraction of sp³-hybridized carbons (Fsp3) is 0.357. The van der Waals surface area contributed by atoms with Crippen LogP contribution in [0.5, 0.6) is 0 Å². The standard InChI is InChI=1S/C14H19N3O4/c1-3-17(9-11(15)18)13(21)16-14(2,12(19)20)10-7-5-4-6-8-10/h4-8H,3,9H2,1-2H3,(H2,15,18)(H,16,21)(H,19,20). The van der Waals surface area contributed by atoms with Gasteiger partial charge in [-0.1, -0.05) is 30.3 Å². The number of likely N-dealkylation sites (N-methyl/N-ethyl adjacent to an activating group) is 1. The fourth-order valence-electron chi connectivity index (χ4n) is 1.83. The average molecular weight is 293 g/mol. The molecule has 1 aromatic carbocycles. The molecular formula is C14H19N3O4. The first-order valence-electron chi connectivity index (χ1n) is 6.45. The first-order valence-corrected chi connectivity index (χ1v) is 6.45. The molecule has 0 aliphatic carbocycles. The molecule has 0 bridgehead atoms. The van der Waals surface area contributed by atoms with Crippen molar-refractivity contribution in [1.29, 1.82) is 0 Å². The number of carbonyl (C=O) groups excluding carboxylic acids is 2. The molecule has 1 unspecified atom stereocenters. The van der Waals surface area contributed by atoms with Crippen molar-refractivity contribution in [1.82, 2.24) is 10.2 Å². The Morgan fingerprint density at radius 3 is 2.29 bits per heavy atom. The number of carboxylic acid groups (broad SMARTS) is 1. The molecule has 4 N–H and O–H groups in total. The molecule has 0 aliphatic rings. The van der Waals surface area contributed by atoms with Gasteiger partial charge in [0, 0.05) is 6.54 Å². The van der Waals surface area contributed by atoms with Crippen molar-refractivity contribution in [3.05, 3.63) is 35.9 Å². The highest BCUT2D eigenvalue weighted by Crippen LogP contribution is 2.21. The lowest BCUT2D eigenvalue weighted by atomic mass is 9.92. The number of rotatable bonds is 6. The maximum absolute atomic E-state index is 12.1. The number of hydrogen-bond acceptors (Lipinski definition) is 3. The molecule has 21 heavy (non-hydrogen) atoms. The van der Waals surface area contributed by atoms with E-state index in [2.05, 4.69) is 5.32 Å². The van der Waals surface area contributed by atoms with E-state index in [1.165, 1.54) is 6.92 Å². The molecule has 0 saturated carbocycles. The summed E-state index contributed by atoms with van der Waals surface area (Å²) in [6, 6.07) is 7.68. The van der Waals surface area contributed by atoms with Crippen LogP contribution in [0, 0.1) is 0 Å². The van der Waals surface area contributed by atoms with Gasteiger partial charge in [-0.15, -0.1) is 0 Å². The number of amides is 3. The van der Waals surface area contributed by atoms with E-state index in [1.807, 2.05) is 0 Å². The second-order valence-corrected chi connectivity index (χ2v) is 4.71. The van der Waals surface area contributed by atoms with Crippen LogP contribution in [0.25, 0.3) is 0 Å². The van der Waals surface area contributed by atoms with Gasteiger partial charge in [-0.2, -0.15) is 0 Å².